The number of hydrogen-bond acceptors (Lipinski definition) is 1. The van der Waals surface area contributed by atoms with Gasteiger partial charge in [0.15, 0.2) is 0 Å². The maximum absolute atomic E-state index is 13.9. The lowest BCUT2D eigenvalue weighted by atomic mass is 9.74. The van der Waals surface area contributed by atoms with Crippen molar-refractivity contribution in [1.29, 1.82) is 5.26 Å². The van der Waals surface area contributed by atoms with Crippen molar-refractivity contribution in [3.05, 3.63) is 47.3 Å². The van der Waals surface area contributed by atoms with E-state index in [0.29, 0.717) is 18.3 Å². The van der Waals surface area contributed by atoms with Crippen LogP contribution in [0.1, 0.15) is 94.1 Å². The molecule has 0 saturated heterocycles. The molecule has 0 heterocycles. The zero-order chi connectivity index (χ0) is 20.5. The Balaban J connectivity index is 1.34. The summed E-state index contributed by atoms with van der Waals surface area (Å²) in [5.74, 6) is 2.51. The molecule has 2 aliphatic rings. The van der Waals surface area contributed by atoms with E-state index >= 15 is 0 Å². The van der Waals surface area contributed by atoms with Gasteiger partial charge >= 0.3 is 0 Å². The number of hydrogen-bond donors (Lipinski definition) is 0. The first-order valence-corrected chi connectivity index (χ1v) is 11.6. The van der Waals surface area contributed by atoms with Crippen LogP contribution in [0.25, 0.3) is 0 Å². The molecule has 29 heavy (non-hydrogen) atoms. The number of allylic oxidation sites excluding steroid dienone is 2. The van der Waals surface area contributed by atoms with Crippen molar-refractivity contribution >= 4 is 0 Å². The summed E-state index contributed by atoms with van der Waals surface area (Å²) < 4.78 is 26.0. The Hall–Kier alpha value is -1.69. The van der Waals surface area contributed by atoms with Gasteiger partial charge in [-0.25, -0.2) is 4.39 Å². The molecule has 0 aromatic heterocycles. The van der Waals surface area contributed by atoms with Crippen molar-refractivity contribution in [3.63, 3.8) is 0 Å². The molecule has 3 rings (SSSR count). The summed E-state index contributed by atoms with van der Waals surface area (Å²) in [4.78, 5) is 0. The van der Waals surface area contributed by atoms with E-state index in [-0.39, 0.29) is 18.1 Å². The third-order valence-corrected chi connectivity index (χ3v) is 7.22. The van der Waals surface area contributed by atoms with Crippen LogP contribution in [0, 0.1) is 34.9 Å². The second-order valence-electron chi connectivity index (χ2n) is 9.19. The number of rotatable bonds is 8. The van der Waals surface area contributed by atoms with E-state index in [0.717, 1.165) is 36.7 Å². The third kappa shape index (κ3) is 6.66. The van der Waals surface area contributed by atoms with Crippen LogP contribution < -0.4 is 0 Å². The second kappa shape index (κ2) is 11.5. The molecule has 3 heteroatoms. The van der Waals surface area contributed by atoms with E-state index in [4.69, 9.17) is 5.26 Å². The van der Waals surface area contributed by atoms with Crippen molar-refractivity contribution in [2.75, 3.05) is 6.67 Å². The molecule has 0 N–H and O–H groups in total. The predicted molar refractivity (Wildman–Crippen MR) is 115 cm³/mol. The fourth-order valence-electron chi connectivity index (χ4n) is 5.28. The molecular weight excluding hydrogens is 364 g/mol. The van der Waals surface area contributed by atoms with Gasteiger partial charge in [0, 0.05) is 0 Å². The number of nitrogens with zero attached hydrogens (tertiary/aromatic N) is 1. The average Bonchev–Trinajstić information content (AvgIpc) is 2.76. The molecule has 0 bridgehead atoms. The van der Waals surface area contributed by atoms with Crippen LogP contribution in [0.15, 0.2) is 30.4 Å². The Kier molecular flexibility index (Phi) is 8.71. The van der Waals surface area contributed by atoms with E-state index in [2.05, 4.69) is 12.2 Å². The molecule has 2 aliphatic carbocycles. The maximum atomic E-state index is 13.9. The Morgan fingerprint density at radius 2 is 1.62 bits per heavy atom. The Bertz CT molecular complexity index is 689. The lowest BCUT2D eigenvalue weighted by Gasteiger charge is -2.31. The highest BCUT2D eigenvalue weighted by Crippen LogP contribution is 2.40. The highest BCUT2D eigenvalue weighted by atomic mass is 19.1. The van der Waals surface area contributed by atoms with Gasteiger partial charge in [0.1, 0.15) is 11.9 Å². The highest BCUT2D eigenvalue weighted by molar-refractivity contribution is 5.34. The van der Waals surface area contributed by atoms with Crippen LogP contribution >= 0.6 is 0 Å². The first-order chi connectivity index (χ1) is 14.2. The predicted octanol–water partition coefficient (Wildman–Crippen LogP) is 7.86. The first-order valence-electron chi connectivity index (χ1n) is 11.6. The zero-order valence-electron chi connectivity index (χ0n) is 17.6. The quantitative estimate of drug-likeness (QED) is 0.322. The molecule has 1 aromatic rings. The molecule has 1 nitrogen and oxygen atoms in total. The maximum Gasteiger partial charge on any atom is 0.141 e. The first kappa shape index (κ1) is 22.0. The van der Waals surface area contributed by atoms with Crippen LogP contribution in [0.2, 0.25) is 0 Å². The van der Waals surface area contributed by atoms with Crippen LogP contribution in [0.4, 0.5) is 8.78 Å². The molecule has 2 fully saturated rings. The summed E-state index contributed by atoms with van der Waals surface area (Å²) >= 11 is 0. The smallest absolute Gasteiger partial charge is 0.141 e. The Morgan fingerprint density at radius 1 is 0.966 bits per heavy atom. The summed E-state index contributed by atoms with van der Waals surface area (Å²) in [6.07, 6.45) is 18.8. The summed E-state index contributed by atoms with van der Waals surface area (Å²) in [6.45, 7) is -0.205. The molecule has 0 aliphatic heterocycles. The van der Waals surface area contributed by atoms with Gasteiger partial charge in [-0.3, -0.25) is 4.39 Å². The fourth-order valence-corrected chi connectivity index (χ4v) is 5.28. The number of alkyl halides is 1. The van der Waals surface area contributed by atoms with Gasteiger partial charge in [-0.15, -0.1) is 0 Å². The van der Waals surface area contributed by atoms with Crippen molar-refractivity contribution in [3.8, 4) is 6.07 Å². The second-order valence-corrected chi connectivity index (χ2v) is 9.19. The molecular formula is C26H35F2N. The number of unbranched alkanes of at least 4 members (excludes halogenated alkanes) is 1. The van der Waals surface area contributed by atoms with Crippen LogP contribution in [-0.2, 0) is 0 Å². The fraction of sp³-hybridized carbons (Fsp3) is 0.654. The van der Waals surface area contributed by atoms with Gasteiger partial charge in [-0.05, 0) is 106 Å². The molecule has 1 aromatic carbocycles. The average molecular weight is 400 g/mol. The molecule has 0 amide bonds. The van der Waals surface area contributed by atoms with Crippen LogP contribution in [0.5, 0.6) is 0 Å². The lowest BCUT2D eigenvalue weighted by molar-refractivity contribution is 0.246. The van der Waals surface area contributed by atoms with E-state index in [1.807, 2.05) is 12.1 Å². The van der Waals surface area contributed by atoms with Gasteiger partial charge in [0.05, 0.1) is 12.2 Å². The van der Waals surface area contributed by atoms with Crippen molar-refractivity contribution in [2.45, 2.75) is 83.0 Å². The molecule has 0 spiro atoms. The van der Waals surface area contributed by atoms with E-state index in [1.54, 1.807) is 12.1 Å². The summed E-state index contributed by atoms with van der Waals surface area (Å²) in [5, 5.41) is 8.89. The van der Waals surface area contributed by atoms with Gasteiger partial charge in [0.25, 0.3) is 0 Å². The zero-order valence-corrected chi connectivity index (χ0v) is 17.6. The van der Waals surface area contributed by atoms with Crippen molar-refractivity contribution in [1.82, 2.24) is 0 Å². The van der Waals surface area contributed by atoms with E-state index in [1.165, 1.54) is 51.4 Å². The topological polar surface area (TPSA) is 23.8 Å². The lowest BCUT2D eigenvalue weighted by Crippen LogP contribution is -2.17. The number of halogens is 2. The highest BCUT2D eigenvalue weighted by Gasteiger charge is 2.25. The Morgan fingerprint density at radius 3 is 2.21 bits per heavy atom. The minimum Gasteiger partial charge on any atom is -0.251 e. The van der Waals surface area contributed by atoms with Gasteiger partial charge in [-0.2, -0.15) is 5.26 Å². The van der Waals surface area contributed by atoms with Crippen molar-refractivity contribution in [2.24, 2.45) is 17.8 Å². The van der Waals surface area contributed by atoms with E-state index in [9.17, 15) is 8.78 Å². The SMILES string of the molecule is N#Cc1ccc(C2CCC(CCC3CCC(C=CCCCF)CC3)CC2)cc1F. The number of benzene rings is 1. The largest absolute Gasteiger partial charge is 0.251 e. The van der Waals surface area contributed by atoms with Crippen LogP contribution in [-0.4, -0.2) is 6.67 Å². The summed E-state index contributed by atoms with van der Waals surface area (Å²) in [5.41, 5.74) is 1.21. The number of nitriles is 1. The molecule has 0 radical (unpaired) electrons. The van der Waals surface area contributed by atoms with Crippen LogP contribution in [0.3, 0.4) is 0 Å². The standard InChI is InChI=1S/C26H35F2N/c27-17-3-1-2-4-20-5-7-21(8-6-20)9-10-22-11-13-23(14-12-22)24-15-16-25(19-29)26(28)18-24/h2,4,15-16,18,20-23H,1,3,5-14,17H2. The normalized spacial score (nSPS) is 27.8. The summed E-state index contributed by atoms with van der Waals surface area (Å²) in [6, 6.07) is 7.05. The monoisotopic (exact) mass is 399 g/mol. The van der Waals surface area contributed by atoms with Gasteiger partial charge < -0.3 is 0 Å². The van der Waals surface area contributed by atoms with E-state index < -0.39 is 0 Å². The minimum absolute atomic E-state index is 0.146. The molecule has 0 atom stereocenters. The summed E-state index contributed by atoms with van der Waals surface area (Å²) in [7, 11) is 0. The third-order valence-electron chi connectivity index (χ3n) is 7.22. The van der Waals surface area contributed by atoms with Gasteiger partial charge in [-0.1, -0.05) is 31.1 Å². The molecule has 158 valence electrons. The van der Waals surface area contributed by atoms with Gasteiger partial charge in [0.2, 0.25) is 0 Å². The molecule has 2 saturated carbocycles. The van der Waals surface area contributed by atoms with Crippen molar-refractivity contribution < 1.29 is 8.78 Å². The molecule has 0 unspecified atom stereocenters. The minimum atomic E-state index is -0.375. The Labute approximate surface area is 175 Å².